The van der Waals surface area contributed by atoms with Gasteiger partial charge in [-0.2, -0.15) is 0 Å². The highest BCUT2D eigenvalue weighted by Crippen LogP contribution is 2.30. The Hall–Kier alpha value is -2.70. The predicted octanol–water partition coefficient (Wildman–Crippen LogP) is 5.61. The van der Waals surface area contributed by atoms with Crippen molar-refractivity contribution in [1.29, 1.82) is 0 Å². The molecule has 0 radical (unpaired) electrons. The molecule has 3 aromatic rings. The maximum Gasteiger partial charge on any atom is 0.222 e. The molecule has 1 heterocycles. The highest BCUT2D eigenvalue weighted by Gasteiger charge is 2.16. The second-order valence-electron chi connectivity index (χ2n) is 8.34. The normalized spacial score (nSPS) is 11.1. The molecule has 0 N–H and O–H groups in total. The molecule has 0 fully saturated rings. The largest absolute Gasteiger partial charge is 0.497 e. The van der Waals surface area contributed by atoms with E-state index in [1.807, 2.05) is 17.0 Å². The fourth-order valence-corrected chi connectivity index (χ4v) is 4.41. The van der Waals surface area contributed by atoms with Crippen LogP contribution >= 0.6 is 11.8 Å². The molecule has 5 nitrogen and oxygen atoms in total. The van der Waals surface area contributed by atoms with Gasteiger partial charge in [-0.3, -0.25) is 4.79 Å². The van der Waals surface area contributed by atoms with Crippen LogP contribution in [0.1, 0.15) is 26.0 Å². The molecule has 6 heteroatoms. The molecule has 3 rings (SSSR count). The van der Waals surface area contributed by atoms with Gasteiger partial charge in [0, 0.05) is 42.3 Å². The zero-order valence-electron chi connectivity index (χ0n) is 21.1. The topological polar surface area (TPSA) is 37.7 Å². The molecule has 0 saturated carbocycles. The van der Waals surface area contributed by atoms with E-state index in [9.17, 15) is 4.79 Å². The number of carbonyl (C=O) groups is 1. The van der Waals surface area contributed by atoms with Crippen molar-refractivity contribution >= 4 is 17.7 Å². The summed E-state index contributed by atoms with van der Waals surface area (Å²) in [6.45, 7) is 7.59. The lowest BCUT2D eigenvalue weighted by atomic mass is 10.1. The van der Waals surface area contributed by atoms with Gasteiger partial charge in [0.15, 0.2) is 0 Å². The summed E-state index contributed by atoms with van der Waals surface area (Å²) < 4.78 is 7.61. The average molecular weight is 480 g/mol. The Balaban J connectivity index is 1.86. The molecule has 182 valence electrons. The van der Waals surface area contributed by atoms with Crippen LogP contribution in [0.25, 0.3) is 16.9 Å². The van der Waals surface area contributed by atoms with Crippen LogP contribution in [0.4, 0.5) is 0 Å². The number of methoxy groups -OCH3 is 1. The van der Waals surface area contributed by atoms with Crippen LogP contribution in [0.15, 0.2) is 65.6 Å². The predicted molar refractivity (Wildman–Crippen MR) is 143 cm³/mol. The standard InChI is InChI=1S/C28H37N3O2S/c1-6-29(3)20-21-30(7-2)28(32)19-13-24-12-18-27(22-8-14-25(33-4)15-9-22)31(24)23-10-16-26(34-5)17-11-23/h8-12,14-18H,6-7,13,19-21H2,1-5H3. The Morgan fingerprint density at radius 1 is 0.941 bits per heavy atom. The molecular weight excluding hydrogens is 442 g/mol. The van der Waals surface area contributed by atoms with Gasteiger partial charge in [0.25, 0.3) is 0 Å². The highest BCUT2D eigenvalue weighted by atomic mass is 32.2. The lowest BCUT2D eigenvalue weighted by Gasteiger charge is -2.24. The summed E-state index contributed by atoms with van der Waals surface area (Å²) >= 11 is 1.73. The Bertz CT molecular complexity index is 1040. The van der Waals surface area contributed by atoms with E-state index in [0.29, 0.717) is 12.8 Å². The van der Waals surface area contributed by atoms with Gasteiger partial charge in [0.05, 0.1) is 12.8 Å². The van der Waals surface area contributed by atoms with Crippen molar-refractivity contribution in [3.8, 4) is 22.7 Å². The molecule has 1 aromatic heterocycles. The van der Waals surface area contributed by atoms with Gasteiger partial charge in [-0.15, -0.1) is 11.8 Å². The van der Waals surface area contributed by atoms with Crippen LogP contribution in [0.3, 0.4) is 0 Å². The van der Waals surface area contributed by atoms with Crippen LogP contribution in [0, 0.1) is 0 Å². The maximum absolute atomic E-state index is 13.0. The maximum atomic E-state index is 13.0. The number of likely N-dealkylation sites (N-methyl/N-ethyl adjacent to an activating group) is 2. The van der Waals surface area contributed by atoms with Gasteiger partial charge >= 0.3 is 0 Å². The molecule has 0 aliphatic rings. The van der Waals surface area contributed by atoms with E-state index in [1.165, 1.54) is 4.90 Å². The number of rotatable bonds is 12. The lowest BCUT2D eigenvalue weighted by Crippen LogP contribution is -2.37. The number of amides is 1. The Morgan fingerprint density at radius 2 is 1.65 bits per heavy atom. The van der Waals surface area contributed by atoms with Gasteiger partial charge in [-0.05, 0) is 99.4 Å². The van der Waals surface area contributed by atoms with Gasteiger partial charge in [-0.25, -0.2) is 0 Å². The van der Waals surface area contributed by atoms with Crippen molar-refractivity contribution in [2.24, 2.45) is 0 Å². The van der Waals surface area contributed by atoms with E-state index >= 15 is 0 Å². The van der Waals surface area contributed by atoms with Gasteiger partial charge in [-0.1, -0.05) is 6.92 Å². The first-order valence-corrected chi connectivity index (χ1v) is 13.2. The third-order valence-corrected chi connectivity index (χ3v) is 7.04. The smallest absolute Gasteiger partial charge is 0.222 e. The molecule has 0 unspecified atom stereocenters. The number of thioether (sulfide) groups is 1. The molecule has 34 heavy (non-hydrogen) atoms. The summed E-state index contributed by atoms with van der Waals surface area (Å²) in [7, 11) is 3.77. The molecule has 0 bridgehead atoms. The number of ether oxygens (including phenoxy) is 1. The fourth-order valence-electron chi connectivity index (χ4n) is 4.00. The summed E-state index contributed by atoms with van der Waals surface area (Å²) in [6, 6.07) is 21.0. The third-order valence-electron chi connectivity index (χ3n) is 6.30. The quantitative estimate of drug-likeness (QED) is 0.317. The van der Waals surface area contributed by atoms with Crippen molar-refractivity contribution in [3.63, 3.8) is 0 Å². The number of aromatic nitrogens is 1. The fraction of sp³-hybridized carbons (Fsp3) is 0.393. The minimum atomic E-state index is 0.212. The molecule has 0 aliphatic heterocycles. The molecular formula is C28H37N3O2S. The van der Waals surface area contributed by atoms with Crippen molar-refractivity contribution in [2.45, 2.75) is 31.6 Å². The first-order chi connectivity index (χ1) is 16.5. The van der Waals surface area contributed by atoms with E-state index in [-0.39, 0.29) is 5.91 Å². The zero-order valence-corrected chi connectivity index (χ0v) is 21.9. The zero-order chi connectivity index (χ0) is 24.5. The second kappa shape index (κ2) is 12.7. The molecule has 2 aromatic carbocycles. The summed E-state index contributed by atoms with van der Waals surface area (Å²) in [4.78, 5) is 18.4. The van der Waals surface area contributed by atoms with Gasteiger partial charge < -0.3 is 19.1 Å². The Labute approximate surface area is 208 Å². The Kier molecular flexibility index (Phi) is 9.66. The SMILES string of the molecule is CCN(C)CCN(CC)C(=O)CCc1ccc(-c2ccc(OC)cc2)n1-c1ccc(SC)cc1. The first-order valence-electron chi connectivity index (χ1n) is 12.0. The first kappa shape index (κ1) is 25.9. The number of hydrogen-bond acceptors (Lipinski definition) is 4. The molecule has 0 atom stereocenters. The van der Waals surface area contributed by atoms with Crippen LogP contribution < -0.4 is 4.74 Å². The van der Waals surface area contributed by atoms with Crippen LogP contribution in [0.2, 0.25) is 0 Å². The minimum Gasteiger partial charge on any atom is -0.497 e. The van der Waals surface area contributed by atoms with Crippen molar-refractivity contribution in [3.05, 3.63) is 66.4 Å². The van der Waals surface area contributed by atoms with E-state index in [1.54, 1.807) is 18.9 Å². The average Bonchev–Trinajstić information content (AvgIpc) is 3.31. The number of benzene rings is 2. The van der Waals surface area contributed by atoms with Gasteiger partial charge in [0.1, 0.15) is 5.75 Å². The lowest BCUT2D eigenvalue weighted by molar-refractivity contribution is -0.131. The van der Waals surface area contributed by atoms with E-state index in [4.69, 9.17) is 4.74 Å². The number of carbonyl (C=O) groups excluding carboxylic acids is 1. The Morgan fingerprint density at radius 3 is 2.24 bits per heavy atom. The van der Waals surface area contributed by atoms with E-state index < -0.39 is 0 Å². The minimum absolute atomic E-state index is 0.212. The van der Waals surface area contributed by atoms with Crippen LogP contribution in [-0.2, 0) is 11.2 Å². The summed E-state index contributed by atoms with van der Waals surface area (Å²) in [5.41, 5.74) is 4.47. The van der Waals surface area contributed by atoms with Crippen molar-refractivity contribution in [1.82, 2.24) is 14.4 Å². The van der Waals surface area contributed by atoms with Crippen molar-refractivity contribution in [2.75, 3.05) is 46.6 Å². The monoisotopic (exact) mass is 479 g/mol. The number of nitrogens with zero attached hydrogens (tertiary/aromatic N) is 3. The molecule has 0 saturated heterocycles. The molecule has 0 aliphatic carbocycles. The van der Waals surface area contributed by atoms with Crippen molar-refractivity contribution < 1.29 is 9.53 Å². The van der Waals surface area contributed by atoms with Crippen LogP contribution in [0.5, 0.6) is 5.75 Å². The van der Waals surface area contributed by atoms with E-state index in [2.05, 4.69) is 85.1 Å². The molecule has 1 amide bonds. The highest BCUT2D eigenvalue weighted by molar-refractivity contribution is 7.98. The molecule has 0 spiro atoms. The van der Waals surface area contributed by atoms with Gasteiger partial charge in [0.2, 0.25) is 5.91 Å². The summed E-state index contributed by atoms with van der Waals surface area (Å²) in [5.74, 6) is 1.05. The second-order valence-corrected chi connectivity index (χ2v) is 9.22. The number of aryl methyl sites for hydroxylation is 1. The summed E-state index contributed by atoms with van der Waals surface area (Å²) in [5, 5.41) is 0. The summed E-state index contributed by atoms with van der Waals surface area (Å²) in [6.07, 6.45) is 3.28. The van der Waals surface area contributed by atoms with E-state index in [0.717, 1.165) is 54.6 Å². The van der Waals surface area contributed by atoms with Crippen LogP contribution in [-0.4, -0.2) is 66.9 Å². The third kappa shape index (κ3) is 6.45. The number of hydrogen-bond donors (Lipinski definition) is 0.